The Balaban J connectivity index is 1.33. The van der Waals surface area contributed by atoms with Crippen LogP contribution in [0.3, 0.4) is 0 Å². The van der Waals surface area contributed by atoms with E-state index in [9.17, 15) is 9.18 Å². The van der Waals surface area contributed by atoms with Gasteiger partial charge in [0.05, 0.1) is 0 Å². The zero-order valence-electron chi connectivity index (χ0n) is 15.5. The standard InChI is InChI=1S/C21H24FN3O2/c1-24-13-15(14-24)19-3-2-4-20(23-19)21(26)25-11-9-18(10-12-25)27-17-7-5-16(22)6-8-17/h2-8,15,18H,9-14H2,1H3. The Morgan fingerprint density at radius 1 is 1.11 bits per heavy atom. The molecule has 0 radical (unpaired) electrons. The number of amides is 1. The van der Waals surface area contributed by atoms with Gasteiger partial charge in [0.25, 0.3) is 5.91 Å². The molecule has 0 unspecified atom stereocenters. The van der Waals surface area contributed by atoms with Gasteiger partial charge in [-0.3, -0.25) is 4.79 Å². The minimum absolute atomic E-state index is 0.00948. The van der Waals surface area contributed by atoms with Gasteiger partial charge in [-0.15, -0.1) is 0 Å². The highest BCUT2D eigenvalue weighted by molar-refractivity contribution is 5.92. The first-order valence-corrected chi connectivity index (χ1v) is 9.45. The molecule has 1 amide bonds. The third-order valence-corrected chi connectivity index (χ3v) is 5.32. The average Bonchev–Trinajstić information content (AvgIpc) is 2.67. The molecule has 0 atom stereocenters. The van der Waals surface area contributed by atoms with E-state index in [1.54, 1.807) is 18.2 Å². The summed E-state index contributed by atoms with van der Waals surface area (Å²) in [5, 5.41) is 0. The molecule has 4 rings (SSSR count). The lowest BCUT2D eigenvalue weighted by Gasteiger charge is -2.36. The fourth-order valence-corrected chi connectivity index (χ4v) is 3.73. The van der Waals surface area contributed by atoms with Crippen molar-refractivity contribution in [3.05, 3.63) is 59.7 Å². The maximum atomic E-state index is 13.0. The molecule has 2 aliphatic heterocycles. The number of ether oxygens (including phenoxy) is 1. The lowest BCUT2D eigenvalue weighted by Crippen LogP contribution is -2.43. The number of carbonyl (C=O) groups excluding carboxylic acids is 1. The Labute approximate surface area is 158 Å². The minimum Gasteiger partial charge on any atom is -0.490 e. The second-order valence-corrected chi connectivity index (χ2v) is 7.43. The number of likely N-dealkylation sites (N-methyl/N-ethyl adjacent to an activating group) is 1. The minimum atomic E-state index is -0.272. The van der Waals surface area contributed by atoms with Gasteiger partial charge < -0.3 is 14.5 Å². The molecule has 6 heteroatoms. The number of piperidine rings is 1. The van der Waals surface area contributed by atoms with Crippen molar-refractivity contribution in [1.82, 2.24) is 14.8 Å². The molecule has 2 fully saturated rings. The van der Waals surface area contributed by atoms with Crippen LogP contribution < -0.4 is 4.74 Å². The molecule has 0 bridgehead atoms. The van der Waals surface area contributed by atoms with E-state index in [1.165, 1.54) is 12.1 Å². The van der Waals surface area contributed by atoms with E-state index < -0.39 is 0 Å². The maximum absolute atomic E-state index is 13.0. The van der Waals surface area contributed by atoms with Crippen molar-refractivity contribution < 1.29 is 13.9 Å². The van der Waals surface area contributed by atoms with Crippen molar-refractivity contribution in [2.75, 3.05) is 33.2 Å². The van der Waals surface area contributed by atoms with Gasteiger partial charge in [-0.05, 0) is 43.4 Å². The van der Waals surface area contributed by atoms with Crippen LogP contribution in [0.25, 0.3) is 0 Å². The van der Waals surface area contributed by atoms with E-state index in [0.29, 0.717) is 30.5 Å². The van der Waals surface area contributed by atoms with Crippen LogP contribution in [0.2, 0.25) is 0 Å². The topological polar surface area (TPSA) is 45.7 Å². The van der Waals surface area contributed by atoms with Crippen molar-refractivity contribution in [1.29, 1.82) is 0 Å². The fourth-order valence-electron chi connectivity index (χ4n) is 3.73. The van der Waals surface area contributed by atoms with Crippen LogP contribution in [0.1, 0.15) is 34.9 Å². The van der Waals surface area contributed by atoms with Gasteiger partial charge >= 0.3 is 0 Å². The third-order valence-electron chi connectivity index (χ3n) is 5.32. The first-order chi connectivity index (χ1) is 13.1. The van der Waals surface area contributed by atoms with Gasteiger partial charge in [0.1, 0.15) is 23.4 Å². The monoisotopic (exact) mass is 369 g/mol. The number of pyridine rings is 1. The number of likely N-dealkylation sites (tertiary alicyclic amines) is 2. The van der Waals surface area contributed by atoms with Crippen molar-refractivity contribution in [3.63, 3.8) is 0 Å². The number of rotatable bonds is 4. The van der Waals surface area contributed by atoms with E-state index in [0.717, 1.165) is 31.6 Å². The highest BCUT2D eigenvalue weighted by Crippen LogP contribution is 2.25. The molecule has 1 aromatic heterocycles. The van der Waals surface area contributed by atoms with Crippen LogP contribution in [-0.2, 0) is 0 Å². The van der Waals surface area contributed by atoms with Gasteiger partial charge in [-0.25, -0.2) is 9.37 Å². The normalized spacial score (nSPS) is 19.0. The number of halogens is 1. The SMILES string of the molecule is CN1CC(c2cccc(C(=O)N3CCC(Oc4ccc(F)cc4)CC3)n2)C1. The summed E-state index contributed by atoms with van der Waals surface area (Å²) in [5.74, 6) is 0.814. The van der Waals surface area contributed by atoms with E-state index in [-0.39, 0.29) is 17.8 Å². The largest absolute Gasteiger partial charge is 0.490 e. The number of hydrogen-bond acceptors (Lipinski definition) is 4. The molecular formula is C21H24FN3O2. The quantitative estimate of drug-likeness (QED) is 0.831. The number of nitrogens with zero attached hydrogens (tertiary/aromatic N) is 3. The summed E-state index contributed by atoms with van der Waals surface area (Å²) in [4.78, 5) is 21.5. The lowest BCUT2D eigenvalue weighted by molar-refractivity contribution is 0.0589. The summed E-state index contributed by atoms with van der Waals surface area (Å²) in [6.07, 6.45) is 1.57. The molecule has 0 spiro atoms. The van der Waals surface area contributed by atoms with Crippen LogP contribution in [0, 0.1) is 5.82 Å². The Kier molecular flexibility index (Phi) is 5.07. The van der Waals surface area contributed by atoms with Crippen molar-refractivity contribution in [3.8, 4) is 5.75 Å². The number of carbonyl (C=O) groups is 1. The lowest BCUT2D eigenvalue weighted by atomic mass is 9.96. The molecule has 2 saturated heterocycles. The van der Waals surface area contributed by atoms with Crippen LogP contribution >= 0.6 is 0 Å². The van der Waals surface area contributed by atoms with Crippen molar-refractivity contribution in [2.45, 2.75) is 24.9 Å². The highest BCUT2D eigenvalue weighted by Gasteiger charge is 2.28. The molecule has 1 aromatic carbocycles. The number of aromatic nitrogens is 1. The number of benzene rings is 1. The van der Waals surface area contributed by atoms with Gasteiger partial charge in [-0.1, -0.05) is 6.07 Å². The van der Waals surface area contributed by atoms with Gasteiger partial charge in [0.15, 0.2) is 0 Å². The second-order valence-electron chi connectivity index (χ2n) is 7.43. The fraction of sp³-hybridized carbons (Fsp3) is 0.429. The summed E-state index contributed by atoms with van der Waals surface area (Å²) in [6, 6.07) is 11.8. The van der Waals surface area contributed by atoms with Gasteiger partial charge in [0.2, 0.25) is 0 Å². The van der Waals surface area contributed by atoms with Crippen LogP contribution in [0.5, 0.6) is 5.75 Å². The Morgan fingerprint density at radius 2 is 1.81 bits per heavy atom. The molecule has 0 N–H and O–H groups in total. The second kappa shape index (κ2) is 7.64. The summed E-state index contributed by atoms with van der Waals surface area (Å²) in [5.41, 5.74) is 1.54. The molecular weight excluding hydrogens is 345 g/mol. The molecule has 27 heavy (non-hydrogen) atoms. The van der Waals surface area contributed by atoms with Crippen molar-refractivity contribution in [2.24, 2.45) is 0 Å². The van der Waals surface area contributed by atoms with Gasteiger partial charge in [-0.2, -0.15) is 0 Å². The molecule has 0 saturated carbocycles. The summed E-state index contributed by atoms with van der Waals surface area (Å²) < 4.78 is 18.9. The summed E-state index contributed by atoms with van der Waals surface area (Å²) in [7, 11) is 2.09. The first kappa shape index (κ1) is 17.9. The Bertz CT molecular complexity index is 797. The Hall–Kier alpha value is -2.47. The van der Waals surface area contributed by atoms with Crippen LogP contribution in [0.4, 0.5) is 4.39 Å². The zero-order valence-corrected chi connectivity index (χ0v) is 15.5. The molecule has 5 nitrogen and oxygen atoms in total. The van der Waals surface area contributed by atoms with Crippen molar-refractivity contribution >= 4 is 5.91 Å². The smallest absolute Gasteiger partial charge is 0.272 e. The maximum Gasteiger partial charge on any atom is 0.272 e. The summed E-state index contributed by atoms with van der Waals surface area (Å²) in [6.45, 7) is 3.28. The highest BCUT2D eigenvalue weighted by atomic mass is 19.1. The molecule has 2 aliphatic rings. The van der Waals surface area contributed by atoms with E-state index in [2.05, 4.69) is 16.9 Å². The van der Waals surface area contributed by atoms with Crippen LogP contribution in [-0.4, -0.2) is 60.0 Å². The van der Waals surface area contributed by atoms with Crippen LogP contribution in [0.15, 0.2) is 42.5 Å². The molecule has 2 aromatic rings. The van der Waals surface area contributed by atoms with Gasteiger partial charge in [0, 0.05) is 50.6 Å². The predicted octanol–water partition coefficient (Wildman–Crippen LogP) is 2.93. The van der Waals surface area contributed by atoms with E-state index in [4.69, 9.17) is 4.74 Å². The van der Waals surface area contributed by atoms with E-state index >= 15 is 0 Å². The average molecular weight is 369 g/mol. The molecule has 3 heterocycles. The first-order valence-electron chi connectivity index (χ1n) is 9.45. The molecule has 142 valence electrons. The zero-order chi connectivity index (χ0) is 18.8. The third kappa shape index (κ3) is 4.11. The van der Waals surface area contributed by atoms with E-state index in [1.807, 2.05) is 17.0 Å². The summed E-state index contributed by atoms with van der Waals surface area (Å²) >= 11 is 0. The number of hydrogen-bond donors (Lipinski definition) is 0. The Morgan fingerprint density at radius 3 is 2.48 bits per heavy atom. The molecule has 0 aliphatic carbocycles. The predicted molar refractivity (Wildman–Crippen MR) is 100 cm³/mol.